The molecule has 0 radical (unpaired) electrons. The van der Waals surface area contributed by atoms with Crippen molar-refractivity contribution in [1.29, 1.82) is 0 Å². The molecule has 6 rings (SSSR count). The van der Waals surface area contributed by atoms with Gasteiger partial charge in [-0.1, -0.05) is 47.5 Å². The number of aryl methyl sites for hydroxylation is 2. The number of anilines is 8. The van der Waals surface area contributed by atoms with Crippen molar-refractivity contribution in [2.24, 2.45) is 5.73 Å². The van der Waals surface area contributed by atoms with Crippen molar-refractivity contribution in [3.8, 4) is 11.5 Å². The van der Waals surface area contributed by atoms with E-state index in [1.165, 1.54) is 12.4 Å². The average molecular weight is 1040 g/mol. The maximum Gasteiger partial charge on any atom is 0.229 e. The smallest absolute Gasteiger partial charge is 0.229 e. The Bertz CT molecular complexity index is 3070. The minimum absolute atomic E-state index is 0.173. The van der Waals surface area contributed by atoms with Gasteiger partial charge in [-0.25, -0.2) is 26.8 Å². The third-order valence-electron chi connectivity index (χ3n) is 11.7. The van der Waals surface area contributed by atoms with Crippen LogP contribution in [-0.4, -0.2) is 80.5 Å². The number of aromatic nitrogens is 4. The fourth-order valence-electron chi connectivity index (χ4n) is 7.17. The van der Waals surface area contributed by atoms with Crippen LogP contribution in [-0.2, 0) is 30.8 Å². The van der Waals surface area contributed by atoms with Crippen molar-refractivity contribution in [2.75, 3.05) is 49.6 Å². The molecule has 376 valence electrons. The lowest BCUT2D eigenvalue weighted by Gasteiger charge is -2.35. The molecule has 70 heavy (non-hydrogen) atoms. The van der Waals surface area contributed by atoms with Crippen LogP contribution >= 0.6 is 23.2 Å². The van der Waals surface area contributed by atoms with Crippen LogP contribution in [0.15, 0.2) is 95.0 Å². The zero-order valence-corrected chi connectivity index (χ0v) is 45.2. The number of para-hydroxylation sites is 2. The summed E-state index contributed by atoms with van der Waals surface area (Å²) in [4.78, 5) is 20.0. The monoisotopic (exact) mass is 1030 g/mol. The molecule has 6 N–H and O–H groups in total. The summed E-state index contributed by atoms with van der Waals surface area (Å²) in [6.45, 7) is 18.7. The molecule has 0 saturated carbocycles. The highest BCUT2D eigenvalue weighted by atomic mass is 35.5. The van der Waals surface area contributed by atoms with Crippen LogP contribution in [0.2, 0.25) is 10.0 Å². The van der Waals surface area contributed by atoms with Gasteiger partial charge in [0.1, 0.15) is 21.5 Å². The Kier molecular flexibility index (Phi) is 17.4. The molecule has 0 atom stereocenters. The first-order chi connectivity index (χ1) is 32.6. The number of nitrogens with zero attached hydrogens (tertiary/aromatic N) is 5. The molecule has 0 aliphatic carbocycles. The first-order valence-corrected chi connectivity index (χ1v) is 26.1. The van der Waals surface area contributed by atoms with Crippen LogP contribution in [0.4, 0.5) is 46.3 Å². The van der Waals surface area contributed by atoms with E-state index in [0.717, 1.165) is 22.3 Å². The summed E-state index contributed by atoms with van der Waals surface area (Å²) >= 11 is 12.7. The molecule has 0 aliphatic rings. The van der Waals surface area contributed by atoms with Gasteiger partial charge in [0, 0.05) is 11.1 Å². The molecule has 2 aromatic heterocycles. The second-order valence-corrected chi connectivity index (χ2v) is 24.1. The molecule has 6 aromatic rings. The largest absolute Gasteiger partial charge is 0.495 e. The van der Waals surface area contributed by atoms with Crippen LogP contribution in [0, 0.1) is 13.8 Å². The Balaban J connectivity index is 0.000000261. The number of rotatable bonds is 17. The quantitative estimate of drug-likeness (QED) is 0.0574. The van der Waals surface area contributed by atoms with E-state index in [0.29, 0.717) is 34.2 Å². The van der Waals surface area contributed by atoms with Crippen LogP contribution in [0.3, 0.4) is 0 Å². The number of benzene rings is 4. The number of sulfone groups is 2. The van der Waals surface area contributed by atoms with Crippen molar-refractivity contribution in [3.63, 3.8) is 0 Å². The third kappa shape index (κ3) is 12.6. The van der Waals surface area contributed by atoms with Gasteiger partial charge < -0.3 is 41.4 Å². The molecule has 16 nitrogen and oxygen atoms in total. The maximum atomic E-state index is 12.8. The van der Waals surface area contributed by atoms with E-state index >= 15 is 0 Å². The van der Waals surface area contributed by atoms with E-state index in [9.17, 15) is 16.8 Å². The van der Waals surface area contributed by atoms with Gasteiger partial charge in [0.05, 0.1) is 69.7 Å². The van der Waals surface area contributed by atoms with Crippen molar-refractivity contribution in [2.45, 2.75) is 101 Å². The lowest BCUT2D eigenvalue weighted by molar-refractivity contribution is 0.196. The summed E-state index contributed by atoms with van der Waals surface area (Å²) in [6.07, 6.45) is 2.90. The van der Waals surface area contributed by atoms with E-state index in [2.05, 4.69) is 60.0 Å². The first-order valence-electron chi connectivity index (χ1n) is 22.3. The van der Waals surface area contributed by atoms with E-state index in [4.69, 9.17) is 38.4 Å². The number of hydrogen-bond donors (Lipinski definition) is 5. The minimum Gasteiger partial charge on any atom is -0.495 e. The number of ether oxygens (including phenoxy) is 2. The summed E-state index contributed by atoms with van der Waals surface area (Å²) in [5.74, 6) is 2.31. The minimum atomic E-state index is -3.52. The Labute approximate surface area is 423 Å². The average Bonchev–Trinajstić information content (AvgIpc) is 3.28. The Morgan fingerprint density at radius 1 is 0.600 bits per heavy atom. The summed E-state index contributed by atoms with van der Waals surface area (Å²) in [7, 11) is 0.230. The van der Waals surface area contributed by atoms with Crippen molar-refractivity contribution >= 4 is 89.2 Å². The van der Waals surface area contributed by atoms with Gasteiger partial charge in [0.2, 0.25) is 11.9 Å². The molecule has 0 unspecified atom stereocenters. The maximum absolute atomic E-state index is 12.8. The van der Waals surface area contributed by atoms with E-state index in [1.807, 2.05) is 66.1 Å². The summed E-state index contributed by atoms with van der Waals surface area (Å²) in [6, 6.07) is 21.1. The highest BCUT2D eigenvalue weighted by molar-refractivity contribution is 7.92. The molecule has 2 heterocycles. The number of hydrogen-bond acceptors (Lipinski definition) is 16. The predicted molar refractivity (Wildman–Crippen MR) is 284 cm³/mol. The lowest BCUT2D eigenvalue weighted by atomic mass is 9.88. The SMILES string of the molecule is COc1cc(C(C)(C)N(C)C)c(C)cc1Nc1ncc(Cl)c(Nc2ccccc2S(=O)(=O)C(C)C)n1.COc1cc(C(C)(C)N)c(C)cc1Nc1ncc(Cl)c(Nc2ccccc2S(=O)(=O)C(C)C)n1. The van der Waals surface area contributed by atoms with Gasteiger partial charge in [0.15, 0.2) is 31.3 Å². The van der Waals surface area contributed by atoms with Crippen LogP contribution in [0.1, 0.15) is 77.6 Å². The zero-order chi connectivity index (χ0) is 52.1. The van der Waals surface area contributed by atoms with Gasteiger partial charge in [0.25, 0.3) is 0 Å². The van der Waals surface area contributed by atoms with E-state index < -0.39 is 35.7 Å². The molecule has 0 fully saturated rings. The Morgan fingerprint density at radius 2 is 0.971 bits per heavy atom. The van der Waals surface area contributed by atoms with Gasteiger partial charge in [-0.15, -0.1) is 0 Å². The predicted octanol–water partition coefficient (Wildman–Crippen LogP) is 11.2. The summed E-state index contributed by atoms with van der Waals surface area (Å²) < 4.78 is 62.5. The molecule has 0 bridgehead atoms. The Hall–Kier alpha value is -5.76. The Morgan fingerprint density at radius 3 is 1.33 bits per heavy atom. The second kappa shape index (κ2) is 22.1. The highest BCUT2D eigenvalue weighted by Gasteiger charge is 2.28. The normalized spacial score (nSPS) is 12.1. The molecule has 20 heteroatoms. The fraction of sp³-hybridized carbons (Fsp3) is 0.360. The standard InChI is InChI=1S/C26H34ClN5O3S.C24H30ClN5O3S/c1-16(2)36(33,34)23-12-10-9-11-20(23)29-24-19(27)15-28-25(31-24)30-21-13-17(3)18(14-22(21)35-8)26(4,5)32(6)7;1-14(2)34(31,32)21-10-8-7-9-18(21)28-22-17(25)13-27-23(30-22)29-19-11-15(3)16(24(4,5)26)12-20(19)33-6/h9-16H,1-8H3,(H2,28,29,30,31);7-14H,26H2,1-6H3,(H2,27,28,29,30). The van der Waals surface area contributed by atoms with E-state index in [-0.39, 0.29) is 48.9 Å². The molecule has 0 saturated heterocycles. The summed E-state index contributed by atoms with van der Waals surface area (Å²) in [5, 5.41) is 11.8. The molecule has 0 amide bonds. The highest BCUT2D eigenvalue weighted by Crippen LogP contribution is 2.39. The van der Waals surface area contributed by atoms with Crippen molar-refractivity contribution in [3.05, 3.63) is 117 Å². The summed E-state index contributed by atoms with van der Waals surface area (Å²) in [5.41, 5.74) is 11.8. The fourth-order valence-corrected chi connectivity index (χ4v) is 9.85. The van der Waals surface area contributed by atoms with Gasteiger partial charge in [-0.2, -0.15) is 9.97 Å². The molecular formula is C50H64Cl2N10O6S2. The third-order valence-corrected chi connectivity index (χ3v) is 16.7. The second-order valence-electron chi connectivity index (χ2n) is 18.4. The van der Waals surface area contributed by atoms with E-state index in [1.54, 1.807) is 90.4 Å². The topological polar surface area (TPSA) is 216 Å². The molecule has 0 spiro atoms. The van der Waals surface area contributed by atoms with Crippen LogP contribution in [0.5, 0.6) is 11.5 Å². The number of halogens is 2. The van der Waals surface area contributed by atoms with Gasteiger partial charge in [-0.05, 0) is 154 Å². The van der Waals surface area contributed by atoms with Crippen LogP contribution < -0.4 is 36.5 Å². The molecular weight excluding hydrogens is 972 g/mol. The number of nitrogens with two attached hydrogens (primary N) is 1. The van der Waals surface area contributed by atoms with Crippen molar-refractivity contribution < 1.29 is 26.3 Å². The number of methoxy groups -OCH3 is 2. The first kappa shape index (κ1) is 55.2. The van der Waals surface area contributed by atoms with Gasteiger partial charge in [-0.3, -0.25) is 0 Å². The zero-order valence-electron chi connectivity index (χ0n) is 42.1. The van der Waals surface area contributed by atoms with Crippen LogP contribution in [0.25, 0.3) is 0 Å². The van der Waals surface area contributed by atoms with Crippen molar-refractivity contribution in [1.82, 2.24) is 24.8 Å². The number of nitrogens with one attached hydrogen (secondary N) is 4. The molecule has 0 aliphatic heterocycles. The molecule has 4 aromatic carbocycles. The van der Waals surface area contributed by atoms with Gasteiger partial charge >= 0.3 is 0 Å². The lowest BCUT2D eigenvalue weighted by Crippen LogP contribution is -2.36.